The largest absolute Gasteiger partial charge is 0.462 e. The van der Waals surface area contributed by atoms with Crippen LogP contribution in [0.1, 0.15) is 44.4 Å². The summed E-state index contributed by atoms with van der Waals surface area (Å²) in [5, 5.41) is 0. The Balaban J connectivity index is 1.35. The molecule has 2 aliphatic rings. The fourth-order valence-electron chi connectivity index (χ4n) is 6.28. The molecule has 2 fully saturated rings. The van der Waals surface area contributed by atoms with Crippen LogP contribution >= 0.6 is 0 Å². The molecule has 192 valence electrons. The lowest BCUT2D eigenvalue weighted by Crippen LogP contribution is -2.48. The van der Waals surface area contributed by atoms with Crippen LogP contribution in [0.5, 0.6) is 0 Å². The van der Waals surface area contributed by atoms with Crippen molar-refractivity contribution >= 4 is 12.0 Å². The van der Waals surface area contributed by atoms with Gasteiger partial charge in [0.05, 0.1) is 24.3 Å². The monoisotopic (exact) mass is 499 g/mol. The molecule has 0 bridgehead atoms. The first-order valence-corrected chi connectivity index (χ1v) is 13.2. The number of allylic oxidation sites excluding steroid dienone is 1. The minimum atomic E-state index is -0.621. The van der Waals surface area contributed by atoms with E-state index < -0.39 is 5.41 Å². The molecular weight excluding hydrogens is 465 g/mol. The van der Waals surface area contributed by atoms with Crippen LogP contribution in [0.4, 0.5) is 4.39 Å². The van der Waals surface area contributed by atoms with Gasteiger partial charge in [-0.3, -0.25) is 9.78 Å². The molecule has 4 nitrogen and oxygen atoms in total. The first kappa shape index (κ1) is 25.3. The van der Waals surface area contributed by atoms with Gasteiger partial charge in [0.1, 0.15) is 11.9 Å². The molecule has 3 aromatic rings. The normalized spacial score (nSPS) is 27.3. The third-order valence-electron chi connectivity index (χ3n) is 8.19. The van der Waals surface area contributed by atoms with Gasteiger partial charge in [-0.15, -0.1) is 0 Å². The smallest absolute Gasteiger partial charge is 0.315 e. The van der Waals surface area contributed by atoms with Crippen LogP contribution in [0.2, 0.25) is 0 Å². The first-order valence-electron chi connectivity index (χ1n) is 13.2. The minimum Gasteiger partial charge on any atom is -0.462 e. The molecule has 0 amide bonds. The third kappa shape index (κ3) is 5.24. The van der Waals surface area contributed by atoms with Crippen molar-refractivity contribution in [1.82, 2.24) is 4.98 Å². The maximum absolute atomic E-state index is 13.6. The lowest BCUT2D eigenvalue weighted by Gasteiger charge is -2.44. The number of hydrogen-bond acceptors (Lipinski definition) is 4. The highest BCUT2D eigenvalue weighted by molar-refractivity contribution is 5.80. The number of esters is 1. The summed E-state index contributed by atoms with van der Waals surface area (Å²) in [6.45, 7) is 5.10. The molecule has 5 heteroatoms. The Kier molecular flexibility index (Phi) is 7.52. The third-order valence-corrected chi connectivity index (χ3v) is 8.19. The summed E-state index contributed by atoms with van der Waals surface area (Å²) >= 11 is 0. The molecule has 0 spiro atoms. The second-order valence-corrected chi connectivity index (χ2v) is 10.4. The van der Waals surface area contributed by atoms with Crippen molar-refractivity contribution in [1.29, 1.82) is 0 Å². The Morgan fingerprint density at radius 2 is 1.95 bits per heavy atom. The van der Waals surface area contributed by atoms with E-state index in [1.165, 1.54) is 12.1 Å². The van der Waals surface area contributed by atoms with Gasteiger partial charge in [0, 0.05) is 17.7 Å². The number of ether oxygens (including phenoxy) is 2. The van der Waals surface area contributed by atoms with Crippen LogP contribution in [0.15, 0.2) is 79.0 Å². The quantitative estimate of drug-likeness (QED) is 0.310. The van der Waals surface area contributed by atoms with E-state index in [4.69, 9.17) is 9.47 Å². The summed E-state index contributed by atoms with van der Waals surface area (Å²) in [6, 6.07) is 20.5. The lowest BCUT2D eigenvalue weighted by molar-refractivity contribution is -0.153. The van der Waals surface area contributed by atoms with E-state index >= 15 is 0 Å². The summed E-state index contributed by atoms with van der Waals surface area (Å²) in [7, 11) is 0. The van der Waals surface area contributed by atoms with Gasteiger partial charge in [-0.25, -0.2) is 4.39 Å². The molecule has 0 unspecified atom stereocenters. The molecule has 1 aliphatic heterocycles. The Bertz CT molecular complexity index is 1240. The predicted molar refractivity (Wildman–Crippen MR) is 143 cm³/mol. The highest BCUT2D eigenvalue weighted by atomic mass is 19.1. The summed E-state index contributed by atoms with van der Waals surface area (Å²) in [5.41, 5.74) is 2.99. The van der Waals surface area contributed by atoms with E-state index in [0.29, 0.717) is 19.1 Å². The highest BCUT2D eigenvalue weighted by Gasteiger charge is 2.61. The molecule has 1 aromatic heterocycles. The van der Waals surface area contributed by atoms with Crippen molar-refractivity contribution in [3.8, 4) is 11.1 Å². The molecular formula is C32H34FNO3. The van der Waals surface area contributed by atoms with Gasteiger partial charge >= 0.3 is 5.97 Å². The average molecular weight is 500 g/mol. The van der Waals surface area contributed by atoms with Gasteiger partial charge in [-0.05, 0) is 67.0 Å². The molecule has 2 aromatic carbocycles. The van der Waals surface area contributed by atoms with E-state index in [2.05, 4.69) is 24.1 Å². The summed E-state index contributed by atoms with van der Waals surface area (Å²) in [4.78, 5) is 17.8. The zero-order chi connectivity index (χ0) is 25.8. The van der Waals surface area contributed by atoms with Crippen LogP contribution in [0.3, 0.4) is 0 Å². The fraction of sp³-hybridized carbons (Fsp3) is 0.375. The van der Waals surface area contributed by atoms with E-state index in [1.54, 1.807) is 12.3 Å². The van der Waals surface area contributed by atoms with Crippen LogP contribution in [0.25, 0.3) is 17.2 Å². The number of nitrogens with zero attached hydrogens (tertiary/aromatic N) is 1. The van der Waals surface area contributed by atoms with E-state index in [-0.39, 0.29) is 29.7 Å². The Morgan fingerprint density at radius 1 is 1.11 bits per heavy atom. The number of hydrogen-bond donors (Lipinski definition) is 0. The number of rotatable bonds is 8. The number of benzene rings is 2. The molecule has 1 saturated heterocycles. The number of halogens is 1. The first-order chi connectivity index (χ1) is 18.0. The van der Waals surface area contributed by atoms with E-state index in [0.717, 1.165) is 41.6 Å². The molecule has 5 rings (SSSR count). The number of pyridine rings is 1. The zero-order valence-electron chi connectivity index (χ0n) is 21.5. The maximum Gasteiger partial charge on any atom is 0.315 e. The SMILES string of the molecule is CC[C@@H]1CC[C@@]2(COCc3ccccc3)C(=O)O[C@H](C)[C@H]2[C@H]1C=Cc1ccc(-c2cccc(F)c2)cn1. The van der Waals surface area contributed by atoms with Crippen LogP contribution < -0.4 is 0 Å². The average Bonchev–Trinajstić information content (AvgIpc) is 3.17. The maximum atomic E-state index is 13.6. The van der Waals surface area contributed by atoms with Gasteiger partial charge in [-0.2, -0.15) is 0 Å². The summed E-state index contributed by atoms with van der Waals surface area (Å²) in [6.07, 6.45) is 8.69. The van der Waals surface area contributed by atoms with Crippen LogP contribution in [-0.2, 0) is 20.9 Å². The minimum absolute atomic E-state index is 0.0530. The molecule has 0 radical (unpaired) electrons. The Labute approximate surface area is 218 Å². The fourth-order valence-corrected chi connectivity index (χ4v) is 6.28. The molecule has 37 heavy (non-hydrogen) atoms. The van der Waals surface area contributed by atoms with Gasteiger partial charge in [0.2, 0.25) is 0 Å². The summed E-state index contributed by atoms with van der Waals surface area (Å²) in [5.74, 6) is 0.321. The molecule has 0 N–H and O–H groups in total. The standard InChI is InChI=1S/C32H34FNO3/c1-3-24-16-17-32(21-36-20-23-8-5-4-6-9-23)30(22(2)37-31(32)35)29(24)15-14-28-13-12-26(19-34-28)25-10-7-11-27(33)18-25/h4-15,18-19,22,24,29-30H,3,16-17,20-21H2,1-2H3/t22-,24-,29+,30+,32+/m1/s1. The van der Waals surface area contributed by atoms with Gasteiger partial charge in [0.25, 0.3) is 0 Å². The lowest BCUT2D eigenvalue weighted by atomic mass is 9.57. The topological polar surface area (TPSA) is 48.4 Å². The van der Waals surface area contributed by atoms with Crippen molar-refractivity contribution in [2.45, 2.75) is 45.8 Å². The van der Waals surface area contributed by atoms with Crippen LogP contribution in [0, 0.1) is 29.0 Å². The zero-order valence-corrected chi connectivity index (χ0v) is 21.5. The number of aromatic nitrogens is 1. The van der Waals surface area contributed by atoms with Crippen molar-refractivity contribution < 1.29 is 18.7 Å². The van der Waals surface area contributed by atoms with E-state index in [1.807, 2.05) is 55.5 Å². The second kappa shape index (κ2) is 11.0. The number of carbonyl (C=O) groups excluding carboxylic acids is 1. The van der Waals surface area contributed by atoms with Gasteiger partial charge < -0.3 is 9.47 Å². The molecule has 1 saturated carbocycles. The van der Waals surface area contributed by atoms with Gasteiger partial charge in [-0.1, -0.05) is 68.0 Å². The Hall–Kier alpha value is -3.31. The molecule has 1 aliphatic carbocycles. The predicted octanol–water partition coefficient (Wildman–Crippen LogP) is 7.10. The van der Waals surface area contributed by atoms with Crippen molar-refractivity contribution in [3.63, 3.8) is 0 Å². The van der Waals surface area contributed by atoms with E-state index in [9.17, 15) is 9.18 Å². The number of carbonyl (C=O) groups is 1. The number of cyclic esters (lactones) is 1. The van der Waals surface area contributed by atoms with Crippen molar-refractivity contribution in [2.75, 3.05) is 6.61 Å². The highest BCUT2D eigenvalue weighted by Crippen LogP contribution is 2.55. The molecule has 5 atom stereocenters. The van der Waals surface area contributed by atoms with Crippen molar-refractivity contribution in [3.05, 3.63) is 96.1 Å². The van der Waals surface area contributed by atoms with Crippen molar-refractivity contribution in [2.24, 2.45) is 23.2 Å². The summed E-state index contributed by atoms with van der Waals surface area (Å²) < 4.78 is 25.6. The number of fused-ring (bicyclic) bond motifs is 1. The Morgan fingerprint density at radius 3 is 2.68 bits per heavy atom. The van der Waals surface area contributed by atoms with Crippen LogP contribution in [-0.4, -0.2) is 23.7 Å². The van der Waals surface area contributed by atoms with Gasteiger partial charge in [0.15, 0.2) is 0 Å². The second-order valence-electron chi connectivity index (χ2n) is 10.4. The molecule has 2 heterocycles.